The zero-order valence-electron chi connectivity index (χ0n) is 15.9. The van der Waals surface area contributed by atoms with E-state index >= 15 is 0 Å². The smallest absolute Gasteiger partial charge is 0.341 e. The Bertz CT molecular complexity index is 674. The van der Waals surface area contributed by atoms with Crippen molar-refractivity contribution in [3.05, 3.63) is 12.2 Å². The Morgan fingerprint density at radius 1 is 1.00 bits per heavy atom. The molecule has 0 atom stereocenters. The van der Waals surface area contributed by atoms with Crippen LogP contribution in [0.5, 0.6) is 0 Å². The highest BCUT2D eigenvalue weighted by Crippen LogP contribution is 2.25. The fourth-order valence-electron chi connectivity index (χ4n) is 2.40. The Kier molecular flexibility index (Phi) is 5.84. The Morgan fingerprint density at radius 3 is 2.04 bits per heavy atom. The third-order valence-corrected chi connectivity index (χ3v) is 4.39. The van der Waals surface area contributed by atoms with Crippen LogP contribution < -0.4 is 0 Å². The lowest BCUT2D eigenvalue weighted by Crippen LogP contribution is -2.42. The number of hydrogen-bond acceptors (Lipinski definition) is 7. The van der Waals surface area contributed by atoms with Gasteiger partial charge in [-0.15, -0.1) is 5.06 Å². The molecule has 2 rings (SSSR count). The number of rotatable bonds is 8. The average molecular weight is 380 g/mol. The molecule has 0 aromatic heterocycles. The second kappa shape index (κ2) is 7.59. The molecule has 0 aromatic rings. The fourth-order valence-corrected chi connectivity index (χ4v) is 2.40. The molecule has 0 saturated carbocycles. The normalized spacial score (nSPS) is 18.1. The van der Waals surface area contributed by atoms with E-state index in [1.54, 1.807) is 27.7 Å². The monoisotopic (exact) mass is 380 g/mol. The lowest BCUT2D eigenvalue weighted by molar-refractivity contribution is -0.207. The molecule has 0 spiro atoms. The number of hydrogen-bond donors (Lipinski definition) is 0. The number of hydroxylamine groups is 2. The number of nitrogens with zero attached hydrogens (tertiary/aromatic N) is 2. The molecule has 4 amide bonds. The van der Waals surface area contributed by atoms with Crippen LogP contribution in [0.4, 0.5) is 0 Å². The van der Waals surface area contributed by atoms with Gasteiger partial charge in [-0.3, -0.25) is 24.1 Å². The largest absolute Gasteiger partial charge is 0.374 e. The topological polar surface area (TPSA) is 110 Å². The summed E-state index contributed by atoms with van der Waals surface area (Å²) >= 11 is 0. The number of imide groups is 2. The molecule has 2 aliphatic heterocycles. The maximum atomic E-state index is 12.3. The molecular formula is C18H24N2O7. The Balaban J connectivity index is 1.86. The van der Waals surface area contributed by atoms with Crippen LogP contribution in [0.15, 0.2) is 12.2 Å². The second-order valence-corrected chi connectivity index (χ2v) is 7.80. The van der Waals surface area contributed by atoms with Crippen molar-refractivity contribution in [1.82, 2.24) is 9.96 Å². The molecule has 0 unspecified atom stereocenters. The van der Waals surface area contributed by atoms with Gasteiger partial charge in [-0.05, 0) is 34.1 Å². The van der Waals surface area contributed by atoms with Gasteiger partial charge in [-0.2, -0.15) is 0 Å². The van der Waals surface area contributed by atoms with E-state index < -0.39 is 28.8 Å². The van der Waals surface area contributed by atoms with Crippen molar-refractivity contribution in [2.24, 2.45) is 5.41 Å². The summed E-state index contributed by atoms with van der Waals surface area (Å²) in [5.74, 6) is -2.56. The molecule has 0 radical (unpaired) electrons. The first-order chi connectivity index (χ1) is 12.4. The van der Waals surface area contributed by atoms with Crippen LogP contribution in [0.3, 0.4) is 0 Å². The first-order valence-electron chi connectivity index (χ1n) is 8.69. The van der Waals surface area contributed by atoms with Gasteiger partial charge in [0.25, 0.3) is 23.6 Å². The molecule has 2 heterocycles. The van der Waals surface area contributed by atoms with Crippen LogP contribution in [0.2, 0.25) is 0 Å². The third-order valence-electron chi connectivity index (χ3n) is 4.39. The van der Waals surface area contributed by atoms with Gasteiger partial charge in [-0.25, -0.2) is 4.79 Å². The van der Waals surface area contributed by atoms with Gasteiger partial charge in [0.2, 0.25) is 0 Å². The summed E-state index contributed by atoms with van der Waals surface area (Å²) in [6.45, 7) is 6.87. The lowest BCUT2D eigenvalue weighted by atomic mass is 9.94. The van der Waals surface area contributed by atoms with Gasteiger partial charge in [0.05, 0.1) is 17.6 Å². The van der Waals surface area contributed by atoms with E-state index in [0.717, 1.165) is 4.90 Å². The minimum Gasteiger partial charge on any atom is -0.374 e. The van der Waals surface area contributed by atoms with Crippen LogP contribution in [0.1, 0.15) is 47.0 Å². The van der Waals surface area contributed by atoms with Crippen molar-refractivity contribution in [2.75, 3.05) is 13.2 Å². The van der Waals surface area contributed by atoms with Crippen molar-refractivity contribution >= 4 is 29.6 Å². The summed E-state index contributed by atoms with van der Waals surface area (Å²) in [4.78, 5) is 64.7. The third kappa shape index (κ3) is 5.00. The Labute approximate surface area is 157 Å². The van der Waals surface area contributed by atoms with Crippen molar-refractivity contribution in [3.63, 3.8) is 0 Å². The average Bonchev–Trinajstić information content (AvgIpc) is 3.07. The lowest BCUT2D eigenvalue weighted by Gasteiger charge is -2.32. The number of ether oxygens (including phenoxy) is 1. The van der Waals surface area contributed by atoms with E-state index in [4.69, 9.17) is 9.57 Å². The van der Waals surface area contributed by atoms with Crippen LogP contribution in [-0.4, -0.2) is 58.3 Å². The van der Waals surface area contributed by atoms with E-state index in [9.17, 15) is 24.0 Å². The van der Waals surface area contributed by atoms with Crippen molar-refractivity contribution in [2.45, 2.75) is 52.6 Å². The quantitative estimate of drug-likeness (QED) is 0.571. The van der Waals surface area contributed by atoms with Gasteiger partial charge in [-0.1, -0.05) is 0 Å². The highest BCUT2D eigenvalue weighted by atomic mass is 16.7. The molecule has 0 aromatic carbocycles. The molecular weight excluding hydrogens is 356 g/mol. The highest BCUT2D eigenvalue weighted by Gasteiger charge is 2.39. The Hall–Kier alpha value is -2.55. The maximum Gasteiger partial charge on any atom is 0.341 e. The van der Waals surface area contributed by atoms with E-state index in [2.05, 4.69) is 0 Å². The summed E-state index contributed by atoms with van der Waals surface area (Å²) in [5, 5.41) is 0.507. The molecule has 0 aliphatic carbocycles. The van der Waals surface area contributed by atoms with E-state index in [1.807, 2.05) is 0 Å². The highest BCUT2D eigenvalue weighted by molar-refractivity contribution is 6.12. The van der Waals surface area contributed by atoms with Crippen molar-refractivity contribution < 1.29 is 33.5 Å². The zero-order chi connectivity index (χ0) is 20.4. The van der Waals surface area contributed by atoms with Crippen LogP contribution in [-0.2, 0) is 33.5 Å². The molecule has 1 saturated heterocycles. The van der Waals surface area contributed by atoms with Gasteiger partial charge < -0.3 is 9.57 Å². The standard InChI is InChI=1S/C18H24N2O7/c1-17(2,16(25)27-20-14(23)7-8-15(20)24)11-26-18(3,4)9-10-19-12(21)5-6-13(19)22/h5-6H,7-11H2,1-4H3. The molecule has 9 heteroatoms. The molecule has 9 nitrogen and oxygen atoms in total. The summed E-state index contributed by atoms with van der Waals surface area (Å²) in [6, 6.07) is 0. The summed E-state index contributed by atoms with van der Waals surface area (Å²) in [6.07, 6.45) is 2.87. The number of amides is 4. The maximum absolute atomic E-state index is 12.3. The number of carbonyl (C=O) groups is 5. The van der Waals surface area contributed by atoms with E-state index in [1.165, 1.54) is 12.2 Å². The summed E-state index contributed by atoms with van der Waals surface area (Å²) < 4.78 is 5.80. The van der Waals surface area contributed by atoms with Crippen LogP contribution in [0, 0.1) is 5.41 Å². The van der Waals surface area contributed by atoms with Gasteiger partial charge in [0, 0.05) is 31.5 Å². The van der Waals surface area contributed by atoms with Crippen LogP contribution in [0.25, 0.3) is 0 Å². The molecule has 1 fully saturated rings. The first-order valence-corrected chi connectivity index (χ1v) is 8.69. The van der Waals surface area contributed by atoms with Gasteiger partial charge in [0.1, 0.15) is 0 Å². The minimum atomic E-state index is -1.11. The Morgan fingerprint density at radius 2 is 1.52 bits per heavy atom. The fraction of sp³-hybridized carbons (Fsp3) is 0.611. The molecule has 148 valence electrons. The van der Waals surface area contributed by atoms with Crippen molar-refractivity contribution in [3.8, 4) is 0 Å². The SMILES string of the molecule is CC(C)(CCN1C(=O)C=CC1=O)OCC(C)(C)C(=O)ON1C(=O)CCC1=O. The molecule has 2 aliphatic rings. The number of carbonyl (C=O) groups excluding carboxylic acids is 5. The molecule has 27 heavy (non-hydrogen) atoms. The van der Waals surface area contributed by atoms with E-state index in [-0.39, 0.29) is 37.8 Å². The minimum absolute atomic E-state index is 0.0267. The van der Waals surface area contributed by atoms with Gasteiger partial charge >= 0.3 is 5.97 Å². The summed E-state index contributed by atoms with van der Waals surface area (Å²) in [5.41, 5.74) is -1.83. The van der Waals surface area contributed by atoms with Gasteiger partial charge in [0.15, 0.2) is 0 Å². The first kappa shape index (κ1) is 20.8. The second-order valence-electron chi connectivity index (χ2n) is 7.80. The predicted molar refractivity (Wildman–Crippen MR) is 91.5 cm³/mol. The zero-order valence-corrected chi connectivity index (χ0v) is 15.9. The molecule has 0 bridgehead atoms. The van der Waals surface area contributed by atoms with E-state index in [0.29, 0.717) is 11.5 Å². The molecule has 0 N–H and O–H groups in total. The summed E-state index contributed by atoms with van der Waals surface area (Å²) in [7, 11) is 0. The van der Waals surface area contributed by atoms with Crippen molar-refractivity contribution in [1.29, 1.82) is 0 Å². The predicted octanol–water partition coefficient (Wildman–Crippen LogP) is 0.730. The van der Waals surface area contributed by atoms with Crippen LogP contribution >= 0.6 is 0 Å².